The van der Waals surface area contributed by atoms with Gasteiger partial charge in [-0.25, -0.2) is 4.68 Å². The van der Waals surface area contributed by atoms with Crippen LogP contribution in [0.3, 0.4) is 0 Å². The fourth-order valence-electron chi connectivity index (χ4n) is 2.60. The number of nitrogens with zero attached hydrogens (tertiary/aromatic N) is 2. The first-order valence-corrected chi connectivity index (χ1v) is 8.99. The number of ether oxygens (including phenoxy) is 1. The van der Waals surface area contributed by atoms with E-state index in [1.807, 2.05) is 43.5 Å². The van der Waals surface area contributed by atoms with Crippen LogP contribution >= 0.6 is 11.3 Å². The summed E-state index contributed by atoms with van der Waals surface area (Å²) in [5.41, 5.74) is 2.22. The fraction of sp³-hybridized carbons (Fsp3) is 0.263. The van der Waals surface area contributed by atoms with E-state index in [0.29, 0.717) is 18.1 Å². The molecule has 5 nitrogen and oxygen atoms in total. The normalized spacial score (nSPS) is 12.0. The van der Waals surface area contributed by atoms with Crippen molar-refractivity contribution in [1.82, 2.24) is 9.78 Å². The molecule has 2 heterocycles. The van der Waals surface area contributed by atoms with E-state index in [-0.39, 0.29) is 5.91 Å². The molecule has 0 bridgehead atoms. The first-order valence-electron chi connectivity index (χ1n) is 8.11. The third-order valence-electron chi connectivity index (χ3n) is 3.73. The Hall–Kier alpha value is -2.60. The van der Waals surface area contributed by atoms with Gasteiger partial charge < -0.3 is 10.1 Å². The van der Waals surface area contributed by atoms with Gasteiger partial charge in [0.15, 0.2) is 6.10 Å². The second-order valence-corrected chi connectivity index (χ2v) is 7.06. The third kappa shape index (κ3) is 4.48. The Morgan fingerprint density at radius 3 is 2.72 bits per heavy atom. The van der Waals surface area contributed by atoms with Gasteiger partial charge in [-0.3, -0.25) is 4.79 Å². The highest BCUT2D eigenvalue weighted by atomic mass is 32.1. The molecule has 0 aliphatic carbocycles. The lowest BCUT2D eigenvalue weighted by Gasteiger charge is -2.16. The number of carbonyl (C=O) groups is 1. The van der Waals surface area contributed by atoms with Crippen LogP contribution in [0.25, 0.3) is 0 Å². The Morgan fingerprint density at radius 2 is 2.04 bits per heavy atom. The summed E-state index contributed by atoms with van der Waals surface area (Å²) < 4.78 is 7.56. The number of benzene rings is 1. The maximum absolute atomic E-state index is 12.5. The fourth-order valence-corrected chi connectivity index (χ4v) is 3.29. The van der Waals surface area contributed by atoms with E-state index < -0.39 is 6.10 Å². The molecule has 1 amide bonds. The standard InChI is InChI=1S/C19H21N3O2S/c1-13-9-14(2)11-16(10-13)24-15(3)19(23)21-18-6-7-20-22(18)12-17-5-4-8-25-17/h4-11,15H,12H2,1-3H3,(H,21,23). The molecule has 1 N–H and O–H groups in total. The van der Waals surface area contributed by atoms with Crippen LogP contribution in [0.4, 0.5) is 5.82 Å². The van der Waals surface area contributed by atoms with Crippen molar-refractivity contribution in [2.45, 2.75) is 33.4 Å². The van der Waals surface area contributed by atoms with Crippen LogP contribution < -0.4 is 10.1 Å². The highest BCUT2D eigenvalue weighted by Crippen LogP contribution is 2.19. The smallest absolute Gasteiger partial charge is 0.266 e. The molecular formula is C19H21N3O2S. The summed E-state index contributed by atoms with van der Waals surface area (Å²) in [6.45, 7) is 6.39. The van der Waals surface area contributed by atoms with Gasteiger partial charge in [0.1, 0.15) is 11.6 Å². The Morgan fingerprint density at radius 1 is 1.28 bits per heavy atom. The minimum absolute atomic E-state index is 0.202. The Balaban J connectivity index is 1.65. The summed E-state index contributed by atoms with van der Waals surface area (Å²) in [5, 5.41) is 9.20. The third-order valence-corrected chi connectivity index (χ3v) is 4.59. The molecule has 1 aromatic carbocycles. The van der Waals surface area contributed by atoms with E-state index in [1.165, 1.54) is 4.88 Å². The van der Waals surface area contributed by atoms with E-state index in [4.69, 9.17) is 4.74 Å². The van der Waals surface area contributed by atoms with Crippen molar-refractivity contribution in [3.63, 3.8) is 0 Å². The van der Waals surface area contributed by atoms with Gasteiger partial charge >= 0.3 is 0 Å². The Bertz CT molecular complexity index is 835. The molecular weight excluding hydrogens is 334 g/mol. The number of aromatic nitrogens is 2. The molecule has 1 unspecified atom stereocenters. The van der Waals surface area contributed by atoms with Crippen LogP contribution in [0.5, 0.6) is 5.75 Å². The second kappa shape index (κ2) is 7.53. The lowest BCUT2D eigenvalue weighted by molar-refractivity contribution is -0.122. The molecule has 0 saturated heterocycles. The van der Waals surface area contributed by atoms with Gasteiger partial charge in [0.2, 0.25) is 0 Å². The lowest BCUT2D eigenvalue weighted by Crippen LogP contribution is -2.31. The number of anilines is 1. The van der Waals surface area contributed by atoms with Gasteiger partial charge in [-0.05, 0) is 55.5 Å². The summed E-state index contributed by atoms with van der Waals surface area (Å²) in [6, 6.07) is 11.8. The van der Waals surface area contributed by atoms with Crippen LogP contribution in [0.15, 0.2) is 48.0 Å². The summed E-state index contributed by atoms with van der Waals surface area (Å²) in [5.74, 6) is 1.16. The molecule has 0 aliphatic heterocycles. The van der Waals surface area contributed by atoms with Crippen LogP contribution in [-0.4, -0.2) is 21.8 Å². The van der Waals surface area contributed by atoms with E-state index in [0.717, 1.165) is 11.1 Å². The van der Waals surface area contributed by atoms with Gasteiger partial charge in [0.25, 0.3) is 5.91 Å². The molecule has 0 radical (unpaired) electrons. The zero-order chi connectivity index (χ0) is 17.8. The minimum Gasteiger partial charge on any atom is -0.481 e. The Kier molecular flexibility index (Phi) is 5.19. The molecule has 0 spiro atoms. The largest absolute Gasteiger partial charge is 0.481 e. The van der Waals surface area contributed by atoms with Gasteiger partial charge in [-0.1, -0.05) is 12.1 Å². The van der Waals surface area contributed by atoms with Crippen LogP contribution in [-0.2, 0) is 11.3 Å². The van der Waals surface area contributed by atoms with Crippen molar-refractivity contribution in [3.8, 4) is 5.75 Å². The number of hydrogen-bond acceptors (Lipinski definition) is 4. The SMILES string of the molecule is Cc1cc(C)cc(OC(C)C(=O)Nc2ccnn2Cc2cccs2)c1. The quantitative estimate of drug-likeness (QED) is 0.727. The number of carbonyl (C=O) groups excluding carboxylic acids is 1. The predicted octanol–water partition coefficient (Wildman–Crippen LogP) is 4.02. The maximum Gasteiger partial charge on any atom is 0.266 e. The van der Waals surface area contributed by atoms with Crippen LogP contribution in [0, 0.1) is 13.8 Å². The van der Waals surface area contributed by atoms with Gasteiger partial charge in [0, 0.05) is 10.9 Å². The molecule has 6 heteroatoms. The van der Waals surface area contributed by atoms with E-state index in [9.17, 15) is 4.79 Å². The van der Waals surface area contributed by atoms with Crippen molar-refractivity contribution in [2.75, 3.05) is 5.32 Å². The van der Waals surface area contributed by atoms with Crippen LogP contribution in [0.2, 0.25) is 0 Å². The summed E-state index contributed by atoms with van der Waals surface area (Å²) >= 11 is 1.66. The average Bonchev–Trinajstić information content (AvgIpc) is 3.19. The number of rotatable bonds is 6. The lowest BCUT2D eigenvalue weighted by atomic mass is 10.1. The number of aryl methyl sites for hydroxylation is 2. The molecule has 1 atom stereocenters. The van der Waals surface area contributed by atoms with Crippen molar-refractivity contribution >= 4 is 23.1 Å². The number of amides is 1. The summed E-state index contributed by atoms with van der Waals surface area (Å²) in [4.78, 5) is 13.6. The van der Waals surface area contributed by atoms with Crippen LogP contribution in [0.1, 0.15) is 22.9 Å². The monoisotopic (exact) mass is 355 g/mol. The van der Waals surface area contributed by atoms with E-state index in [1.54, 1.807) is 35.2 Å². The molecule has 130 valence electrons. The number of nitrogens with one attached hydrogen (secondary N) is 1. The highest BCUT2D eigenvalue weighted by molar-refractivity contribution is 7.09. The molecule has 2 aromatic heterocycles. The Labute approximate surface area is 151 Å². The van der Waals surface area contributed by atoms with Crippen molar-refractivity contribution in [1.29, 1.82) is 0 Å². The van der Waals surface area contributed by atoms with Gasteiger partial charge in [0.05, 0.1) is 12.7 Å². The van der Waals surface area contributed by atoms with Gasteiger partial charge in [-0.15, -0.1) is 11.3 Å². The molecule has 0 fully saturated rings. The number of thiophene rings is 1. The predicted molar refractivity (Wildman–Crippen MR) is 100 cm³/mol. The topological polar surface area (TPSA) is 56.1 Å². The first kappa shape index (κ1) is 17.2. The van der Waals surface area contributed by atoms with Crippen molar-refractivity contribution in [2.24, 2.45) is 0 Å². The molecule has 0 saturated carbocycles. The van der Waals surface area contributed by atoms with E-state index >= 15 is 0 Å². The summed E-state index contributed by atoms with van der Waals surface area (Å²) in [6.07, 6.45) is 1.07. The summed E-state index contributed by atoms with van der Waals surface area (Å²) in [7, 11) is 0. The second-order valence-electron chi connectivity index (χ2n) is 6.03. The van der Waals surface area contributed by atoms with Crippen molar-refractivity contribution < 1.29 is 9.53 Å². The molecule has 25 heavy (non-hydrogen) atoms. The van der Waals surface area contributed by atoms with Gasteiger partial charge in [-0.2, -0.15) is 5.10 Å². The average molecular weight is 355 g/mol. The number of hydrogen-bond donors (Lipinski definition) is 1. The first-order chi connectivity index (χ1) is 12.0. The zero-order valence-electron chi connectivity index (χ0n) is 14.5. The molecule has 0 aliphatic rings. The zero-order valence-corrected chi connectivity index (χ0v) is 15.3. The highest BCUT2D eigenvalue weighted by Gasteiger charge is 2.17. The molecule has 3 rings (SSSR count). The maximum atomic E-state index is 12.5. The molecule has 3 aromatic rings. The van der Waals surface area contributed by atoms with E-state index in [2.05, 4.69) is 16.5 Å². The van der Waals surface area contributed by atoms with Crippen molar-refractivity contribution in [3.05, 3.63) is 64.0 Å². The minimum atomic E-state index is -0.605.